The number of hydrogen-bond donors (Lipinski definition) is 0. The smallest absolute Gasteiger partial charge is 0.262 e. The second-order valence-electron chi connectivity index (χ2n) is 4.05. The van der Waals surface area contributed by atoms with Crippen LogP contribution in [0.5, 0.6) is 0 Å². The molecule has 5 heteroatoms. The second-order valence-corrected chi connectivity index (χ2v) is 4.61. The highest BCUT2D eigenvalue weighted by molar-refractivity contribution is 9.09. The molecule has 1 aliphatic rings. The second kappa shape index (κ2) is 5.02. The van der Waals surface area contributed by atoms with Gasteiger partial charge >= 0.3 is 0 Å². The predicted octanol–water partition coefficient (Wildman–Crippen LogP) is 2.03. The first-order valence-electron chi connectivity index (χ1n) is 5.67. The number of carbonyl (C=O) groups excluding carboxylic acids is 3. The summed E-state index contributed by atoms with van der Waals surface area (Å²) in [6.45, 7) is 1.79. The molecule has 0 spiro atoms. The molecule has 1 aliphatic heterocycles. The summed E-state index contributed by atoms with van der Waals surface area (Å²) in [5.41, 5.74) is 0.756. The molecule has 0 saturated heterocycles. The molecule has 0 saturated carbocycles. The molecule has 94 valence electrons. The van der Waals surface area contributed by atoms with E-state index in [1.807, 2.05) is 0 Å². The van der Waals surface area contributed by atoms with Gasteiger partial charge in [-0.1, -0.05) is 35.0 Å². The molecule has 0 fully saturated rings. The number of ketones is 1. The van der Waals surface area contributed by atoms with Gasteiger partial charge in [0.15, 0.2) is 5.78 Å². The molecule has 1 aromatic rings. The summed E-state index contributed by atoms with van der Waals surface area (Å²) in [6.07, 6.45) is 0.426. The van der Waals surface area contributed by atoms with E-state index in [4.69, 9.17) is 0 Å². The lowest BCUT2D eigenvalue weighted by Gasteiger charge is -2.23. The lowest BCUT2D eigenvalue weighted by Crippen LogP contribution is -2.45. The van der Waals surface area contributed by atoms with Crippen LogP contribution in [0.2, 0.25) is 0 Å². The van der Waals surface area contributed by atoms with Gasteiger partial charge < -0.3 is 0 Å². The van der Waals surface area contributed by atoms with E-state index in [1.54, 1.807) is 31.2 Å². The van der Waals surface area contributed by atoms with E-state index in [0.717, 1.165) is 4.90 Å². The number of amides is 2. The molecule has 0 aromatic heterocycles. The molecule has 0 aliphatic carbocycles. The Balaban J connectivity index is 2.41. The summed E-state index contributed by atoms with van der Waals surface area (Å²) in [7, 11) is 0. The van der Waals surface area contributed by atoms with Crippen molar-refractivity contribution >= 4 is 33.5 Å². The molecule has 0 radical (unpaired) electrons. The van der Waals surface area contributed by atoms with E-state index in [9.17, 15) is 14.4 Å². The summed E-state index contributed by atoms with van der Waals surface area (Å²) in [5.74, 6) is -0.916. The van der Waals surface area contributed by atoms with Crippen LogP contribution in [0, 0.1) is 0 Å². The van der Waals surface area contributed by atoms with Gasteiger partial charge in [-0.15, -0.1) is 0 Å². The Labute approximate surface area is 113 Å². The van der Waals surface area contributed by atoms with E-state index in [-0.39, 0.29) is 22.9 Å². The number of Topliss-reactive ketones (excluding diaryl/α,β-unsaturated/α-hetero) is 1. The van der Waals surface area contributed by atoms with Crippen molar-refractivity contribution in [3.05, 3.63) is 35.4 Å². The average molecular weight is 310 g/mol. The van der Waals surface area contributed by atoms with Gasteiger partial charge in [-0.3, -0.25) is 19.3 Å². The maximum absolute atomic E-state index is 12.2. The van der Waals surface area contributed by atoms with Crippen molar-refractivity contribution in [2.75, 3.05) is 5.33 Å². The lowest BCUT2D eigenvalue weighted by atomic mass is 10.1. The van der Waals surface area contributed by atoms with Gasteiger partial charge in [0.2, 0.25) is 0 Å². The third kappa shape index (κ3) is 1.88. The molecule has 1 aromatic carbocycles. The fourth-order valence-electron chi connectivity index (χ4n) is 2.13. The van der Waals surface area contributed by atoms with Crippen molar-refractivity contribution in [1.29, 1.82) is 0 Å². The molecule has 2 rings (SSSR count). The van der Waals surface area contributed by atoms with E-state index in [0.29, 0.717) is 17.5 Å². The number of imide groups is 1. The molecule has 1 atom stereocenters. The van der Waals surface area contributed by atoms with Gasteiger partial charge in [-0.2, -0.15) is 0 Å². The standard InChI is InChI=1S/C13H12BrNO3/c1-2-10(11(16)7-14)15-12(17)8-5-3-4-6-9(8)13(15)18/h3-6,10H,2,7H2,1H3. The van der Waals surface area contributed by atoms with Crippen LogP contribution in [0.25, 0.3) is 0 Å². The zero-order valence-corrected chi connectivity index (χ0v) is 11.4. The van der Waals surface area contributed by atoms with Gasteiger partial charge in [0.05, 0.1) is 22.5 Å². The van der Waals surface area contributed by atoms with Crippen LogP contribution in [0.4, 0.5) is 0 Å². The third-order valence-corrected chi connectivity index (χ3v) is 3.58. The number of benzene rings is 1. The maximum atomic E-state index is 12.2. The maximum Gasteiger partial charge on any atom is 0.262 e. The van der Waals surface area contributed by atoms with Crippen LogP contribution >= 0.6 is 15.9 Å². The van der Waals surface area contributed by atoms with Crippen LogP contribution in [0.1, 0.15) is 34.1 Å². The van der Waals surface area contributed by atoms with Crippen molar-refractivity contribution in [2.45, 2.75) is 19.4 Å². The number of fused-ring (bicyclic) bond motifs is 1. The fraction of sp³-hybridized carbons (Fsp3) is 0.308. The van der Waals surface area contributed by atoms with Gasteiger partial charge in [0.25, 0.3) is 11.8 Å². The highest BCUT2D eigenvalue weighted by Crippen LogP contribution is 2.25. The molecular formula is C13H12BrNO3. The van der Waals surface area contributed by atoms with Gasteiger partial charge in [-0.05, 0) is 18.6 Å². The van der Waals surface area contributed by atoms with E-state index < -0.39 is 6.04 Å². The van der Waals surface area contributed by atoms with E-state index in [1.165, 1.54) is 0 Å². The van der Waals surface area contributed by atoms with Crippen molar-refractivity contribution in [1.82, 2.24) is 4.90 Å². The van der Waals surface area contributed by atoms with E-state index >= 15 is 0 Å². The number of alkyl halides is 1. The number of halogens is 1. The molecule has 1 unspecified atom stereocenters. The molecule has 0 bridgehead atoms. The number of rotatable bonds is 4. The SMILES string of the molecule is CCC(C(=O)CBr)N1C(=O)c2ccccc2C1=O. The Morgan fingerprint density at radius 3 is 2.11 bits per heavy atom. The third-order valence-electron chi connectivity index (χ3n) is 3.03. The summed E-state index contributed by atoms with van der Waals surface area (Å²) in [4.78, 5) is 37.2. The number of carbonyl (C=O) groups is 3. The number of nitrogens with zero attached hydrogens (tertiary/aromatic N) is 1. The summed E-state index contributed by atoms with van der Waals surface area (Å²) in [5, 5.41) is 0.138. The fourth-order valence-corrected chi connectivity index (χ4v) is 2.51. The molecule has 1 heterocycles. The Bertz CT molecular complexity index is 492. The summed E-state index contributed by atoms with van der Waals surface area (Å²) in [6, 6.07) is 5.96. The number of hydrogen-bond acceptors (Lipinski definition) is 3. The molecule has 4 nitrogen and oxygen atoms in total. The Morgan fingerprint density at radius 2 is 1.72 bits per heavy atom. The minimum Gasteiger partial charge on any atom is -0.296 e. The Morgan fingerprint density at radius 1 is 1.22 bits per heavy atom. The first kappa shape index (κ1) is 13.0. The van der Waals surface area contributed by atoms with Gasteiger partial charge in [-0.25, -0.2) is 0 Å². The lowest BCUT2D eigenvalue weighted by molar-refractivity contribution is -0.120. The van der Waals surface area contributed by atoms with Crippen LogP contribution in [-0.2, 0) is 4.79 Å². The van der Waals surface area contributed by atoms with Crippen LogP contribution in [0.15, 0.2) is 24.3 Å². The minimum absolute atomic E-state index is 0.138. The quantitative estimate of drug-likeness (QED) is 0.631. The van der Waals surface area contributed by atoms with E-state index in [2.05, 4.69) is 15.9 Å². The Kier molecular flexibility index (Phi) is 3.61. The highest BCUT2D eigenvalue weighted by atomic mass is 79.9. The molecule has 2 amide bonds. The monoisotopic (exact) mass is 309 g/mol. The zero-order chi connectivity index (χ0) is 13.3. The first-order chi connectivity index (χ1) is 8.61. The molecular weight excluding hydrogens is 298 g/mol. The zero-order valence-electron chi connectivity index (χ0n) is 9.85. The van der Waals surface area contributed by atoms with Gasteiger partial charge in [0, 0.05) is 0 Å². The van der Waals surface area contributed by atoms with Crippen molar-refractivity contribution in [3.8, 4) is 0 Å². The molecule has 18 heavy (non-hydrogen) atoms. The van der Waals surface area contributed by atoms with Crippen molar-refractivity contribution in [2.24, 2.45) is 0 Å². The van der Waals surface area contributed by atoms with Crippen molar-refractivity contribution < 1.29 is 14.4 Å². The van der Waals surface area contributed by atoms with Crippen LogP contribution < -0.4 is 0 Å². The normalized spacial score (nSPS) is 15.8. The largest absolute Gasteiger partial charge is 0.296 e. The summed E-state index contributed by atoms with van der Waals surface area (Å²) >= 11 is 3.08. The first-order valence-corrected chi connectivity index (χ1v) is 6.79. The van der Waals surface area contributed by atoms with Crippen LogP contribution in [-0.4, -0.2) is 33.9 Å². The predicted molar refractivity (Wildman–Crippen MR) is 69.8 cm³/mol. The van der Waals surface area contributed by atoms with Gasteiger partial charge in [0.1, 0.15) is 0 Å². The van der Waals surface area contributed by atoms with Crippen LogP contribution in [0.3, 0.4) is 0 Å². The molecule has 0 N–H and O–H groups in total. The highest BCUT2D eigenvalue weighted by Gasteiger charge is 2.41. The topological polar surface area (TPSA) is 54.5 Å². The Hall–Kier alpha value is -1.49. The summed E-state index contributed by atoms with van der Waals surface area (Å²) < 4.78 is 0. The average Bonchev–Trinajstić information content (AvgIpc) is 2.65. The minimum atomic E-state index is -0.684. The van der Waals surface area contributed by atoms with Crippen molar-refractivity contribution in [3.63, 3.8) is 0 Å².